The van der Waals surface area contributed by atoms with Crippen LogP contribution in [0.15, 0.2) is 53.9 Å². The molecule has 0 atom stereocenters. The third-order valence-electron chi connectivity index (χ3n) is 3.91. The number of hydrogen-bond donors (Lipinski definition) is 0. The lowest BCUT2D eigenvalue weighted by Crippen LogP contribution is -1.99. The number of thioether (sulfide) groups is 1. The van der Waals surface area contributed by atoms with Gasteiger partial charge < -0.3 is 4.57 Å². The van der Waals surface area contributed by atoms with Crippen LogP contribution in [0.4, 0.5) is 0 Å². The van der Waals surface area contributed by atoms with Crippen LogP contribution in [0.25, 0.3) is 21.5 Å². The van der Waals surface area contributed by atoms with Gasteiger partial charge in [-0.3, -0.25) is 4.98 Å². The SMILES string of the molecule is CCn1c(SCc2sc3ccccc3c2Cl)nnc1-c1ccncc1. The summed E-state index contributed by atoms with van der Waals surface area (Å²) in [5.74, 6) is 1.65. The molecule has 0 saturated carbocycles. The Morgan fingerprint density at radius 2 is 1.92 bits per heavy atom. The smallest absolute Gasteiger partial charge is 0.191 e. The summed E-state index contributed by atoms with van der Waals surface area (Å²) >= 11 is 9.96. The number of benzene rings is 1. The minimum Gasteiger partial charge on any atom is -0.302 e. The van der Waals surface area contributed by atoms with Crippen molar-refractivity contribution >= 4 is 44.8 Å². The molecule has 0 saturated heterocycles. The molecule has 3 heterocycles. The minimum atomic E-state index is 0.784. The van der Waals surface area contributed by atoms with Crippen LogP contribution in [0.2, 0.25) is 5.02 Å². The number of aromatic nitrogens is 4. The number of pyridine rings is 1. The van der Waals surface area contributed by atoms with Gasteiger partial charge in [0.1, 0.15) is 0 Å². The number of fused-ring (bicyclic) bond motifs is 1. The van der Waals surface area contributed by atoms with E-state index in [0.29, 0.717) is 0 Å². The van der Waals surface area contributed by atoms with Crippen molar-refractivity contribution in [2.75, 3.05) is 0 Å². The summed E-state index contributed by atoms with van der Waals surface area (Å²) in [4.78, 5) is 5.23. The summed E-state index contributed by atoms with van der Waals surface area (Å²) in [7, 11) is 0. The average molecular weight is 387 g/mol. The van der Waals surface area contributed by atoms with Crippen LogP contribution in [0.1, 0.15) is 11.8 Å². The maximum atomic E-state index is 6.55. The van der Waals surface area contributed by atoms with Gasteiger partial charge in [0.25, 0.3) is 0 Å². The first-order chi connectivity index (χ1) is 12.3. The third kappa shape index (κ3) is 3.17. The van der Waals surface area contributed by atoms with E-state index < -0.39 is 0 Å². The Hall–Kier alpha value is -1.89. The van der Waals surface area contributed by atoms with Gasteiger partial charge in [-0.2, -0.15) is 0 Å². The molecule has 4 rings (SSSR count). The highest BCUT2D eigenvalue weighted by Gasteiger charge is 2.15. The van der Waals surface area contributed by atoms with Crippen LogP contribution in [-0.2, 0) is 12.3 Å². The minimum absolute atomic E-state index is 0.784. The van der Waals surface area contributed by atoms with Crippen molar-refractivity contribution in [2.45, 2.75) is 24.4 Å². The molecule has 0 aliphatic rings. The number of halogens is 1. The van der Waals surface area contributed by atoms with Crippen LogP contribution in [0, 0.1) is 0 Å². The Morgan fingerprint density at radius 1 is 1.12 bits per heavy atom. The molecule has 0 N–H and O–H groups in total. The molecule has 4 aromatic rings. The van der Waals surface area contributed by atoms with Gasteiger partial charge in [0.05, 0.1) is 5.02 Å². The average Bonchev–Trinajstić information content (AvgIpc) is 3.22. The molecular weight excluding hydrogens is 372 g/mol. The molecule has 0 fully saturated rings. The van der Waals surface area contributed by atoms with E-state index in [1.165, 1.54) is 9.58 Å². The Balaban J connectivity index is 1.61. The fourth-order valence-electron chi connectivity index (χ4n) is 2.68. The van der Waals surface area contributed by atoms with Crippen molar-refractivity contribution in [1.29, 1.82) is 0 Å². The lowest BCUT2D eigenvalue weighted by Gasteiger charge is -2.06. The lowest BCUT2D eigenvalue weighted by molar-refractivity contribution is 0.687. The normalized spacial score (nSPS) is 11.3. The Bertz CT molecular complexity index is 1010. The highest BCUT2D eigenvalue weighted by Crippen LogP contribution is 2.38. The van der Waals surface area contributed by atoms with Gasteiger partial charge in [0.15, 0.2) is 11.0 Å². The fourth-order valence-corrected chi connectivity index (χ4v) is 5.34. The summed E-state index contributed by atoms with van der Waals surface area (Å²) in [6.45, 7) is 2.91. The first-order valence-corrected chi connectivity index (χ1v) is 10.1. The van der Waals surface area contributed by atoms with Crippen LogP contribution < -0.4 is 0 Å². The molecule has 126 valence electrons. The maximum absolute atomic E-state index is 6.55. The van der Waals surface area contributed by atoms with E-state index in [1.807, 2.05) is 24.3 Å². The van der Waals surface area contributed by atoms with Crippen LogP contribution >= 0.6 is 34.7 Å². The molecular formula is C18H15ClN4S2. The van der Waals surface area contributed by atoms with E-state index in [1.54, 1.807) is 35.5 Å². The van der Waals surface area contributed by atoms with E-state index in [0.717, 1.165) is 39.3 Å². The molecule has 0 spiro atoms. The molecule has 0 amide bonds. The van der Waals surface area contributed by atoms with Crippen molar-refractivity contribution in [1.82, 2.24) is 19.7 Å². The highest BCUT2D eigenvalue weighted by atomic mass is 35.5. The molecule has 0 aliphatic carbocycles. The van der Waals surface area contributed by atoms with Crippen molar-refractivity contribution < 1.29 is 0 Å². The molecule has 0 bridgehead atoms. The summed E-state index contributed by atoms with van der Waals surface area (Å²) in [6.07, 6.45) is 3.54. The molecule has 1 aromatic carbocycles. The second-order valence-electron chi connectivity index (χ2n) is 5.41. The zero-order chi connectivity index (χ0) is 17.2. The van der Waals surface area contributed by atoms with E-state index >= 15 is 0 Å². The van der Waals surface area contributed by atoms with Gasteiger partial charge in [-0.05, 0) is 25.1 Å². The van der Waals surface area contributed by atoms with Gasteiger partial charge in [-0.15, -0.1) is 21.5 Å². The lowest BCUT2D eigenvalue weighted by atomic mass is 10.2. The Morgan fingerprint density at radius 3 is 2.68 bits per heavy atom. The summed E-state index contributed by atoms with van der Waals surface area (Å²) in [5.41, 5.74) is 1.02. The van der Waals surface area contributed by atoms with Crippen molar-refractivity contribution in [3.8, 4) is 11.4 Å². The standard InChI is InChI=1S/C18H15ClN4S2/c1-2-23-17(12-7-9-20-10-8-12)21-22-18(23)24-11-15-16(19)13-5-3-4-6-14(13)25-15/h3-10H,2,11H2,1H3. The van der Waals surface area contributed by atoms with E-state index in [2.05, 4.69) is 38.8 Å². The summed E-state index contributed by atoms with van der Waals surface area (Å²) < 4.78 is 3.35. The topological polar surface area (TPSA) is 43.6 Å². The van der Waals surface area contributed by atoms with Crippen molar-refractivity contribution in [3.05, 3.63) is 58.7 Å². The van der Waals surface area contributed by atoms with Crippen LogP contribution in [0.5, 0.6) is 0 Å². The number of rotatable bonds is 5. The van der Waals surface area contributed by atoms with E-state index in [9.17, 15) is 0 Å². The molecule has 0 aliphatic heterocycles. The molecule has 0 radical (unpaired) electrons. The van der Waals surface area contributed by atoms with E-state index in [4.69, 9.17) is 11.6 Å². The zero-order valence-corrected chi connectivity index (χ0v) is 15.9. The quantitative estimate of drug-likeness (QED) is 0.423. The van der Waals surface area contributed by atoms with Gasteiger partial charge >= 0.3 is 0 Å². The summed E-state index contributed by atoms with van der Waals surface area (Å²) in [6, 6.07) is 12.1. The highest BCUT2D eigenvalue weighted by molar-refractivity contribution is 7.98. The maximum Gasteiger partial charge on any atom is 0.191 e. The second kappa shape index (κ2) is 7.15. The van der Waals surface area contributed by atoms with Crippen molar-refractivity contribution in [2.24, 2.45) is 0 Å². The fraction of sp³-hybridized carbons (Fsp3) is 0.167. The van der Waals surface area contributed by atoms with E-state index in [-0.39, 0.29) is 0 Å². The first kappa shape index (κ1) is 16.6. The van der Waals surface area contributed by atoms with Gasteiger partial charge in [0, 0.05) is 45.2 Å². The molecule has 3 aromatic heterocycles. The molecule has 7 heteroatoms. The first-order valence-electron chi connectivity index (χ1n) is 7.90. The van der Waals surface area contributed by atoms with Crippen LogP contribution in [-0.4, -0.2) is 19.7 Å². The number of nitrogens with zero attached hydrogens (tertiary/aromatic N) is 4. The van der Waals surface area contributed by atoms with Gasteiger partial charge in [-0.25, -0.2) is 0 Å². The van der Waals surface area contributed by atoms with Gasteiger partial charge in [-0.1, -0.05) is 41.6 Å². The predicted molar refractivity (Wildman–Crippen MR) is 105 cm³/mol. The zero-order valence-electron chi connectivity index (χ0n) is 13.5. The van der Waals surface area contributed by atoms with Crippen LogP contribution in [0.3, 0.4) is 0 Å². The Kier molecular flexibility index (Phi) is 4.74. The predicted octanol–water partition coefficient (Wildman–Crippen LogP) is 5.52. The third-order valence-corrected chi connectivity index (χ3v) is 6.80. The van der Waals surface area contributed by atoms with Gasteiger partial charge in [0.2, 0.25) is 0 Å². The molecule has 4 nitrogen and oxygen atoms in total. The second-order valence-corrected chi connectivity index (χ2v) is 7.87. The Labute approximate surface area is 158 Å². The largest absolute Gasteiger partial charge is 0.302 e. The van der Waals surface area contributed by atoms with Crippen molar-refractivity contribution in [3.63, 3.8) is 0 Å². The molecule has 25 heavy (non-hydrogen) atoms. The summed E-state index contributed by atoms with van der Waals surface area (Å²) in [5, 5.41) is 11.6. The number of thiophene rings is 1. The molecule has 0 unspecified atom stereocenters. The monoisotopic (exact) mass is 386 g/mol. The number of hydrogen-bond acceptors (Lipinski definition) is 5.